The van der Waals surface area contributed by atoms with E-state index in [0.717, 1.165) is 11.1 Å². The molecule has 3 aromatic carbocycles. The number of methoxy groups -OCH3 is 1. The molecule has 1 N–H and O–H groups in total. The molecular formula is C28H26N4O3. The summed E-state index contributed by atoms with van der Waals surface area (Å²) in [5.74, 6) is 0.131. The zero-order chi connectivity index (χ0) is 24.4. The number of amides is 2. The Morgan fingerprint density at radius 3 is 2.31 bits per heavy atom. The van der Waals surface area contributed by atoms with Gasteiger partial charge in [0.25, 0.3) is 5.91 Å². The fraction of sp³-hybridized carbons (Fsp3) is 0.179. The van der Waals surface area contributed by atoms with Gasteiger partial charge in [-0.25, -0.2) is 0 Å². The number of nitrogens with one attached hydrogen (secondary N) is 1. The van der Waals surface area contributed by atoms with Gasteiger partial charge in [-0.15, -0.1) is 0 Å². The van der Waals surface area contributed by atoms with Gasteiger partial charge in [-0.3, -0.25) is 19.2 Å². The van der Waals surface area contributed by atoms with Crippen molar-refractivity contribution in [1.29, 1.82) is 0 Å². The van der Waals surface area contributed by atoms with Crippen LogP contribution in [-0.2, 0) is 17.9 Å². The molecule has 4 aromatic rings. The van der Waals surface area contributed by atoms with E-state index in [0.29, 0.717) is 29.4 Å². The SMILES string of the molecule is COc1ccc(N2C(=O)c3cc(-c4ccccc4)nn3CC2(C)C(=O)NCc2ccccc2)cc1. The molecule has 7 heteroatoms. The number of anilines is 1. The highest BCUT2D eigenvalue weighted by Crippen LogP contribution is 2.35. The highest BCUT2D eigenvalue weighted by molar-refractivity contribution is 6.12. The van der Waals surface area contributed by atoms with Crippen molar-refractivity contribution in [3.8, 4) is 17.0 Å². The van der Waals surface area contributed by atoms with Crippen LogP contribution in [0, 0.1) is 0 Å². The van der Waals surface area contributed by atoms with Gasteiger partial charge in [0, 0.05) is 17.8 Å². The average molecular weight is 467 g/mol. The van der Waals surface area contributed by atoms with E-state index in [-0.39, 0.29) is 18.4 Å². The fourth-order valence-corrected chi connectivity index (χ4v) is 4.44. The molecule has 0 aliphatic carbocycles. The molecule has 7 nitrogen and oxygen atoms in total. The van der Waals surface area contributed by atoms with Crippen molar-refractivity contribution in [1.82, 2.24) is 15.1 Å². The molecule has 0 spiro atoms. The molecule has 0 radical (unpaired) electrons. The van der Waals surface area contributed by atoms with Gasteiger partial charge < -0.3 is 10.1 Å². The van der Waals surface area contributed by atoms with E-state index in [1.165, 1.54) is 0 Å². The molecular weight excluding hydrogens is 440 g/mol. The zero-order valence-electron chi connectivity index (χ0n) is 19.6. The Kier molecular flexibility index (Phi) is 5.82. The van der Waals surface area contributed by atoms with Gasteiger partial charge in [0.2, 0.25) is 5.91 Å². The number of fused-ring (bicyclic) bond motifs is 1. The average Bonchev–Trinajstić information content (AvgIpc) is 3.33. The van der Waals surface area contributed by atoms with Gasteiger partial charge in [0.15, 0.2) is 0 Å². The summed E-state index contributed by atoms with van der Waals surface area (Å²) in [6, 6.07) is 28.3. The monoisotopic (exact) mass is 466 g/mol. The Hall–Kier alpha value is -4.39. The lowest BCUT2D eigenvalue weighted by Gasteiger charge is -2.43. The number of rotatable bonds is 6. The second-order valence-corrected chi connectivity index (χ2v) is 8.72. The molecule has 35 heavy (non-hydrogen) atoms. The number of nitrogens with zero attached hydrogens (tertiary/aromatic N) is 3. The second-order valence-electron chi connectivity index (χ2n) is 8.72. The van der Waals surface area contributed by atoms with Crippen molar-refractivity contribution in [2.24, 2.45) is 0 Å². The summed E-state index contributed by atoms with van der Waals surface area (Å²) in [5, 5.41) is 7.71. The molecule has 2 heterocycles. The first-order valence-electron chi connectivity index (χ1n) is 11.4. The molecule has 1 atom stereocenters. The molecule has 0 fully saturated rings. The van der Waals surface area contributed by atoms with Crippen LogP contribution in [0.1, 0.15) is 23.0 Å². The van der Waals surface area contributed by atoms with E-state index in [1.807, 2.05) is 60.7 Å². The Bertz CT molecular complexity index is 1350. The van der Waals surface area contributed by atoms with Gasteiger partial charge in [-0.1, -0.05) is 60.7 Å². The number of hydrogen-bond donors (Lipinski definition) is 1. The molecule has 1 aliphatic rings. The van der Waals surface area contributed by atoms with E-state index in [2.05, 4.69) is 5.32 Å². The first kappa shape index (κ1) is 22.4. The number of carbonyl (C=O) groups is 2. The summed E-state index contributed by atoms with van der Waals surface area (Å²) in [6.45, 7) is 2.36. The minimum absolute atomic E-state index is 0.216. The quantitative estimate of drug-likeness (QED) is 0.460. The molecule has 0 saturated carbocycles. The number of ether oxygens (including phenoxy) is 1. The van der Waals surface area contributed by atoms with Gasteiger partial charge in [-0.2, -0.15) is 5.10 Å². The molecule has 0 saturated heterocycles. The van der Waals surface area contributed by atoms with Gasteiger partial charge in [0.1, 0.15) is 17.0 Å². The second kappa shape index (κ2) is 9.10. The maximum absolute atomic E-state index is 13.9. The van der Waals surface area contributed by atoms with Gasteiger partial charge in [-0.05, 0) is 42.8 Å². The molecule has 2 amide bonds. The smallest absolute Gasteiger partial charge is 0.277 e. The van der Waals surface area contributed by atoms with Gasteiger partial charge >= 0.3 is 0 Å². The lowest BCUT2D eigenvalue weighted by atomic mass is 9.93. The molecule has 5 rings (SSSR count). The van der Waals surface area contributed by atoms with E-state index < -0.39 is 5.54 Å². The van der Waals surface area contributed by atoms with Crippen molar-refractivity contribution in [3.05, 3.63) is 102 Å². The van der Waals surface area contributed by atoms with E-state index in [4.69, 9.17) is 9.84 Å². The molecule has 0 bridgehead atoms. The highest BCUT2D eigenvalue weighted by Gasteiger charge is 2.48. The Morgan fingerprint density at radius 2 is 1.66 bits per heavy atom. The summed E-state index contributed by atoms with van der Waals surface area (Å²) in [7, 11) is 1.59. The third kappa shape index (κ3) is 4.17. The van der Waals surface area contributed by atoms with Crippen molar-refractivity contribution in [2.75, 3.05) is 12.0 Å². The first-order valence-corrected chi connectivity index (χ1v) is 11.4. The van der Waals surface area contributed by atoms with Crippen LogP contribution in [0.2, 0.25) is 0 Å². The Morgan fingerprint density at radius 1 is 1.00 bits per heavy atom. The van der Waals surface area contributed by atoms with Gasteiger partial charge in [0.05, 0.1) is 19.3 Å². The minimum Gasteiger partial charge on any atom is -0.497 e. The van der Waals surface area contributed by atoms with Crippen LogP contribution in [0.5, 0.6) is 5.75 Å². The third-order valence-electron chi connectivity index (χ3n) is 6.34. The number of carbonyl (C=O) groups excluding carboxylic acids is 2. The van der Waals surface area contributed by atoms with Crippen molar-refractivity contribution >= 4 is 17.5 Å². The Balaban J connectivity index is 1.54. The summed E-state index contributed by atoms with van der Waals surface area (Å²) in [4.78, 5) is 29.1. The number of hydrogen-bond acceptors (Lipinski definition) is 4. The molecule has 176 valence electrons. The van der Waals surface area contributed by atoms with Crippen LogP contribution >= 0.6 is 0 Å². The van der Waals surface area contributed by atoms with Crippen molar-refractivity contribution < 1.29 is 14.3 Å². The normalized spacial score (nSPS) is 17.1. The lowest BCUT2D eigenvalue weighted by molar-refractivity contribution is -0.126. The summed E-state index contributed by atoms with van der Waals surface area (Å²) in [5.41, 5.74) is 2.43. The van der Waals surface area contributed by atoms with Crippen LogP contribution in [0.4, 0.5) is 5.69 Å². The fourth-order valence-electron chi connectivity index (χ4n) is 4.44. The predicted molar refractivity (Wildman–Crippen MR) is 134 cm³/mol. The first-order chi connectivity index (χ1) is 17.0. The van der Waals surface area contributed by atoms with Crippen LogP contribution in [0.25, 0.3) is 11.3 Å². The van der Waals surface area contributed by atoms with Crippen LogP contribution in [-0.4, -0.2) is 34.2 Å². The van der Waals surface area contributed by atoms with Crippen LogP contribution < -0.4 is 15.0 Å². The van der Waals surface area contributed by atoms with E-state index in [1.54, 1.807) is 53.9 Å². The maximum atomic E-state index is 13.9. The minimum atomic E-state index is -1.20. The maximum Gasteiger partial charge on any atom is 0.277 e. The summed E-state index contributed by atoms with van der Waals surface area (Å²) >= 11 is 0. The van der Waals surface area contributed by atoms with Crippen molar-refractivity contribution in [2.45, 2.75) is 25.6 Å². The number of benzene rings is 3. The zero-order valence-corrected chi connectivity index (χ0v) is 19.6. The Labute approximate surface area is 204 Å². The van der Waals surface area contributed by atoms with E-state index in [9.17, 15) is 9.59 Å². The van der Waals surface area contributed by atoms with E-state index >= 15 is 0 Å². The molecule has 1 aliphatic heterocycles. The standard InChI is InChI=1S/C28H26N4O3/c1-28(27(34)29-18-20-9-5-3-6-10-20)19-31-25(17-24(30-31)21-11-7-4-8-12-21)26(33)32(28)22-13-15-23(35-2)16-14-22/h3-17H,18-19H2,1-2H3,(H,29,34). The summed E-state index contributed by atoms with van der Waals surface area (Å²) in [6.07, 6.45) is 0. The lowest BCUT2D eigenvalue weighted by Crippen LogP contribution is -2.64. The topological polar surface area (TPSA) is 76.5 Å². The summed E-state index contributed by atoms with van der Waals surface area (Å²) < 4.78 is 6.93. The third-order valence-corrected chi connectivity index (χ3v) is 6.34. The van der Waals surface area contributed by atoms with Crippen LogP contribution in [0.3, 0.4) is 0 Å². The molecule has 1 unspecified atom stereocenters. The molecule has 1 aromatic heterocycles. The largest absolute Gasteiger partial charge is 0.497 e. The predicted octanol–water partition coefficient (Wildman–Crippen LogP) is 4.29. The highest BCUT2D eigenvalue weighted by atomic mass is 16.5. The number of aromatic nitrogens is 2. The van der Waals surface area contributed by atoms with Crippen molar-refractivity contribution in [3.63, 3.8) is 0 Å². The van der Waals surface area contributed by atoms with Crippen LogP contribution in [0.15, 0.2) is 91.0 Å².